The number of anilines is 1. The van der Waals surface area contributed by atoms with Crippen molar-refractivity contribution in [1.82, 2.24) is 20.2 Å². The van der Waals surface area contributed by atoms with Crippen molar-refractivity contribution in [2.45, 2.75) is 19.8 Å². The zero-order valence-electron chi connectivity index (χ0n) is 17.4. The first-order valence-corrected chi connectivity index (χ1v) is 9.99. The minimum atomic E-state index is -0.0916. The van der Waals surface area contributed by atoms with Crippen LogP contribution in [0.5, 0.6) is 11.5 Å². The number of aromatic nitrogens is 4. The Hall–Kier alpha value is -3.94. The highest BCUT2D eigenvalue weighted by Crippen LogP contribution is 2.27. The zero-order valence-corrected chi connectivity index (χ0v) is 17.4. The van der Waals surface area contributed by atoms with E-state index in [0.29, 0.717) is 42.4 Å². The number of nitrogens with one attached hydrogen (secondary N) is 1. The molecule has 0 aliphatic rings. The van der Waals surface area contributed by atoms with Gasteiger partial charge in [0.1, 0.15) is 17.2 Å². The van der Waals surface area contributed by atoms with Gasteiger partial charge in [-0.05, 0) is 53.4 Å². The van der Waals surface area contributed by atoms with Crippen LogP contribution >= 0.6 is 0 Å². The van der Waals surface area contributed by atoms with Gasteiger partial charge in [0.15, 0.2) is 5.82 Å². The van der Waals surface area contributed by atoms with E-state index in [1.165, 1.54) is 0 Å². The summed E-state index contributed by atoms with van der Waals surface area (Å²) in [4.78, 5) is 12.4. The molecule has 0 atom stereocenters. The maximum Gasteiger partial charge on any atom is 0.224 e. The Morgan fingerprint density at radius 3 is 2.71 bits per heavy atom. The van der Waals surface area contributed by atoms with Crippen molar-refractivity contribution in [3.63, 3.8) is 0 Å². The van der Waals surface area contributed by atoms with E-state index in [0.717, 1.165) is 16.5 Å². The molecule has 3 aromatic carbocycles. The molecule has 0 aliphatic carbocycles. The molecular formula is C23H23N5O3. The van der Waals surface area contributed by atoms with Crippen LogP contribution in [0.3, 0.4) is 0 Å². The van der Waals surface area contributed by atoms with E-state index < -0.39 is 0 Å². The van der Waals surface area contributed by atoms with Gasteiger partial charge in [-0.1, -0.05) is 36.4 Å². The van der Waals surface area contributed by atoms with Crippen molar-refractivity contribution < 1.29 is 14.3 Å². The number of carbonyl (C=O) groups excluding carboxylic acids is 1. The maximum atomic E-state index is 12.4. The van der Waals surface area contributed by atoms with Crippen LogP contribution < -0.4 is 14.8 Å². The number of amides is 1. The second kappa shape index (κ2) is 9.25. The van der Waals surface area contributed by atoms with Crippen LogP contribution in [-0.2, 0) is 4.79 Å². The largest absolute Gasteiger partial charge is 0.494 e. The van der Waals surface area contributed by atoms with Crippen molar-refractivity contribution >= 4 is 22.4 Å². The fraction of sp³-hybridized carbons (Fsp3) is 0.217. The Morgan fingerprint density at radius 1 is 1.06 bits per heavy atom. The molecule has 31 heavy (non-hydrogen) atoms. The van der Waals surface area contributed by atoms with E-state index in [-0.39, 0.29) is 5.91 Å². The van der Waals surface area contributed by atoms with E-state index in [1.807, 2.05) is 30.3 Å². The van der Waals surface area contributed by atoms with Crippen LogP contribution in [0, 0.1) is 6.92 Å². The molecule has 8 heteroatoms. The predicted octanol–water partition coefficient (Wildman–Crippen LogP) is 3.93. The summed E-state index contributed by atoms with van der Waals surface area (Å²) in [5.41, 5.74) is 1.30. The first-order valence-electron chi connectivity index (χ1n) is 9.99. The highest BCUT2D eigenvalue weighted by molar-refractivity contribution is 5.91. The van der Waals surface area contributed by atoms with Crippen LogP contribution in [0.4, 0.5) is 5.69 Å². The standard InChI is InChI=1S/C23H23N5O3/c1-16-25-26-27-28(16)20-15-18(12-13-22(20)30-2)24-23(29)11-6-14-31-21-10-5-8-17-7-3-4-9-19(17)21/h3-5,7-10,12-13,15H,6,11,14H2,1-2H3,(H,24,29). The van der Waals surface area contributed by atoms with Gasteiger partial charge in [0.25, 0.3) is 0 Å². The Bertz CT molecular complexity index is 1200. The molecule has 4 rings (SSSR count). The summed E-state index contributed by atoms with van der Waals surface area (Å²) >= 11 is 0. The SMILES string of the molecule is COc1ccc(NC(=O)CCCOc2cccc3ccccc23)cc1-n1nnnc1C. The van der Waals surface area contributed by atoms with Crippen molar-refractivity contribution in [2.24, 2.45) is 0 Å². The van der Waals surface area contributed by atoms with Crippen LogP contribution in [-0.4, -0.2) is 39.8 Å². The van der Waals surface area contributed by atoms with Gasteiger partial charge in [0, 0.05) is 17.5 Å². The van der Waals surface area contributed by atoms with Crippen molar-refractivity contribution in [3.05, 3.63) is 66.5 Å². The van der Waals surface area contributed by atoms with Gasteiger partial charge in [-0.2, -0.15) is 4.68 Å². The fourth-order valence-electron chi connectivity index (χ4n) is 3.35. The van der Waals surface area contributed by atoms with E-state index in [2.05, 4.69) is 33.0 Å². The highest BCUT2D eigenvalue weighted by Gasteiger charge is 2.12. The molecule has 4 aromatic rings. The topological polar surface area (TPSA) is 91.2 Å². The van der Waals surface area contributed by atoms with Gasteiger partial charge in [0.2, 0.25) is 5.91 Å². The Balaban J connectivity index is 1.34. The predicted molar refractivity (Wildman–Crippen MR) is 118 cm³/mol. The number of methoxy groups -OCH3 is 1. The minimum Gasteiger partial charge on any atom is -0.494 e. The lowest BCUT2D eigenvalue weighted by atomic mass is 10.1. The summed E-state index contributed by atoms with van der Waals surface area (Å²) in [7, 11) is 1.58. The molecule has 0 unspecified atom stereocenters. The number of rotatable bonds is 8. The number of nitrogens with zero attached hydrogens (tertiary/aromatic N) is 4. The number of hydrogen-bond donors (Lipinski definition) is 1. The molecule has 0 spiro atoms. The highest BCUT2D eigenvalue weighted by atomic mass is 16.5. The number of fused-ring (bicyclic) bond motifs is 1. The molecule has 1 amide bonds. The van der Waals surface area contributed by atoms with Crippen molar-refractivity contribution in [1.29, 1.82) is 0 Å². The molecule has 0 saturated carbocycles. The molecular weight excluding hydrogens is 394 g/mol. The average molecular weight is 417 g/mol. The van der Waals surface area contributed by atoms with E-state index in [9.17, 15) is 4.79 Å². The smallest absolute Gasteiger partial charge is 0.224 e. The summed E-state index contributed by atoms with van der Waals surface area (Å²) in [6, 6.07) is 19.4. The molecule has 1 heterocycles. The van der Waals surface area contributed by atoms with Gasteiger partial charge < -0.3 is 14.8 Å². The molecule has 1 N–H and O–H groups in total. The van der Waals surface area contributed by atoms with Gasteiger partial charge in [-0.3, -0.25) is 4.79 Å². The average Bonchev–Trinajstić information content (AvgIpc) is 3.22. The number of benzene rings is 3. The maximum absolute atomic E-state index is 12.4. The quantitative estimate of drug-likeness (QED) is 0.437. The van der Waals surface area contributed by atoms with E-state index in [1.54, 1.807) is 36.9 Å². The zero-order chi connectivity index (χ0) is 21.6. The first-order chi connectivity index (χ1) is 15.2. The van der Waals surface area contributed by atoms with Crippen LogP contribution in [0.25, 0.3) is 16.5 Å². The molecule has 8 nitrogen and oxygen atoms in total. The molecule has 1 aromatic heterocycles. The van der Waals surface area contributed by atoms with Crippen LogP contribution in [0.1, 0.15) is 18.7 Å². The summed E-state index contributed by atoms with van der Waals surface area (Å²) in [5, 5.41) is 16.6. The van der Waals surface area contributed by atoms with Gasteiger partial charge in [0.05, 0.1) is 13.7 Å². The summed E-state index contributed by atoms with van der Waals surface area (Å²) in [6.45, 7) is 2.25. The summed E-state index contributed by atoms with van der Waals surface area (Å²) in [5.74, 6) is 1.96. The third-order valence-corrected chi connectivity index (χ3v) is 4.87. The monoisotopic (exact) mass is 417 g/mol. The van der Waals surface area contributed by atoms with Crippen LogP contribution in [0.2, 0.25) is 0 Å². The fourth-order valence-corrected chi connectivity index (χ4v) is 3.35. The lowest BCUT2D eigenvalue weighted by Crippen LogP contribution is -2.13. The number of hydrogen-bond acceptors (Lipinski definition) is 6. The third-order valence-electron chi connectivity index (χ3n) is 4.87. The van der Waals surface area contributed by atoms with Crippen molar-refractivity contribution in [3.8, 4) is 17.2 Å². The molecule has 0 saturated heterocycles. The van der Waals surface area contributed by atoms with Crippen molar-refractivity contribution in [2.75, 3.05) is 19.0 Å². The third kappa shape index (κ3) is 4.63. The second-order valence-corrected chi connectivity index (χ2v) is 7.00. The van der Waals surface area contributed by atoms with Crippen LogP contribution in [0.15, 0.2) is 60.7 Å². The molecule has 0 fully saturated rings. The molecule has 0 aliphatic heterocycles. The number of aryl methyl sites for hydroxylation is 1. The summed E-state index contributed by atoms with van der Waals surface area (Å²) < 4.78 is 12.9. The Morgan fingerprint density at radius 2 is 1.90 bits per heavy atom. The normalized spacial score (nSPS) is 10.8. The number of carbonyl (C=O) groups is 1. The number of ether oxygens (including phenoxy) is 2. The molecule has 0 radical (unpaired) electrons. The lowest BCUT2D eigenvalue weighted by Gasteiger charge is -2.12. The van der Waals surface area contributed by atoms with Gasteiger partial charge >= 0.3 is 0 Å². The lowest BCUT2D eigenvalue weighted by molar-refractivity contribution is -0.116. The van der Waals surface area contributed by atoms with Gasteiger partial charge in [-0.15, -0.1) is 5.10 Å². The number of tetrazole rings is 1. The molecule has 158 valence electrons. The Kier molecular flexibility index (Phi) is 6.07. The van der Waals surface area contributed by atoms with E-state index >= 15 is 0 Å². The Labute approximate surface area is 179 Å². The first kappa shape index (κ1) is 20.3. The van der Waals surface area contributed by atoms with Gasteiger partial charge in [-0.25, -0.2) is 0 Å². The minimum absolute atomic E-state index is 0.0916. The second-order valence-electron chi connectivity index (χ2n) is 7.00. The van der Waals surface area contributed by atoms with E-state index in [4.69, 9.17) is 9.47 Å². The molecule has 0 bridgehead atoms. The summed E-state index contributed by atoms with van der Waals surface area (Å²) in [6.07, 6.45) is 0.945.